The Kier molecular flexibility index (Phi) is 5.95. The molecule has 3 aromatic rings. The number of fused-ring (bicyclic) bond motifs is 1. The van der Waals surface area contributed by atoms with Crippen molar-refractivity contribution in [3.63, 3.8) is 0 Å². The van der Waals surface area contributed by atoms with Crippen LogP contribution in [0.1, 0.15) is 6.92 Å². The number of hydrogen-bond donors (Lipinski definition) is 1. The zero-order valence-corrected chi connectivity index (χ0v) is 16.6. The number of rotatable bonds is 9. The number of nitrogens with one attached hydrogen (secondary N) is 1. The van der Waals surface area contributed by atoms with Crippen LogP contribution in [-0.4, -0.2) is 61.4 Å². The standard InChI is InChI=1S/C17H21N5O5S/c1-4-28(23,24)18-9-10-27-16-8-7-15-19-20-17(22(15)21-16)12-5-6-13(25-2)14(11-12)26-3/h5-8,11,18H,4,9-10H2,1-3H3. The second-order valence-electron chi connectivity index (χ2n) is 5.68. The number of methoxy groups -OCH3 is 2. The maximum absolute atomic E-state index is 11.4. The minimum Gasteiger partial charge on any atom is -0.493 e. The normalized spacial score (nSPS) is 11.5. The third-order valence-corrected chi connectivity index (χ3v) is 5.34. The fraction of sp³-hybridized carbons (Fsp3) is 0.353. The SMILES string of the molecule is CCS(=O)(=O)NCCOc1ccc2nnc(-c3ccc(OC)c(OC)c3)n2n1. The lowest BCUT2D eigenvalue weighted by atomic mass is 10.2. The van der Waals surface area contributed by atoms with Gasteiger partial charge in [0, 0.05) is 18.2 Å². The summed E-state index contributed by atoms with van der Waals surface area (Å²) in [4.78, 5) is 0. The van der Waals surface area contributed by atoms with Gasteiger partial charge < -0.3 is 14.2 Å². The van der Waals surface area contributed by atoms with Crippen molar-refractivity contribution >= 4 is 15.7 Å². The summed E-state index contributed by atoms with van der Waals surface area (Å²) in [6.07, 6.45) is 0. The molecule has 1 N–H and O–H groups in total. The van der Waals surface area contributed by atoms with Crippen molar-refractivity contribution in [2.75, 3.05) is 33.1 Å². The van der Waals surface area contributed by atoms with Gasteiger partial charge in [-0.2, -0.15) is 4.52 Å². The number of benzene rings is 1. The van der Waals surface area contributed by atoms with Gasteiger partial charge >= 0.3 is 0 Å². The van der Waals surface area contributed by atoms with Gasteiger partial charge in [0.15, 0.2) is 23.0 Å². The lowest BCUT2D eigenvalue weighted by Crippen LogP contribution is -2.29. The topological polar surface area (TPSA) is 117 Å². The van der Waals surface area contributed by atoms with E-state index >= 15 is 0 Å². The highest BCUT2D eigenvalue weighted by atomic mass is 32.2. The highest BCUT2D eigenvalue weighted by molar-refractivity contribution is 7.89. The molecule has 0 aliphatic heterocycles. The molecule has 2 aromatic heterocycles. The summed E-state index contributed by atoms with van der Waals surface area (Å²) in [6, 6.07) is 8.75. The molecule has 0 aliphatic rings. The smallest absolute Gasteiger partial charge is 0.231 e. The molecule has 0 saturated carbocycles. The van der Waals surface area contributed by atoms with Crippen LogP contribution in [0, 0.1) is 0 Å². The monoisotopic (exact) mass is 407 g/mol. The van der Waals surface area contributed by atoms with E-state index in [0.717, 1.165) is 5.56 Å². The summed E-state index contributed by atoms with van der Waals surface area (Å²) >= 11 is 0. The van der Waals surface area contributed by atoms with Crippen LogP contribution in [0.25, 0.3) is 17.0 Å². The largest absolute Gasteiger partial charge is 0.493 e. The van der Waals surface area contributed by atoms with Gasteiger partial charge in [0.25, 0.3) is 0 Å². The maximum Gasteiger partial charge on any atom is 0.231 e. The van der Waals surface area contributed by atoms with Crippen LogP contribution in [0.5, 0.6) is 17.4 Å². The first kappa shape index (κ1) is 19.8. The van der Waals surface area contributed by atoms with Crippen molar-refractivity contribution in [2.24, 2.45) is 0 Å². The first-order valence-electron chi connectivity index (χ1n) is 8.52. The lowest BCUT2D eigenvalue weighted by molar-refractivity contribution is 0.306. The molecule has 0 bridgehead atoms. The second-order valence-corrected chi connectivity index (χ2v) is 7.78. The fourth-order valence-corrected chi connectivity index (χ4v) is 3.06. The Morgan fingerprint density at radius 2 is 1.86 bits per heavy atom. The average Bonchev–Trinajstić information content (AvgIpc) is 3.14. The molecule has 0 spiro atoms. The Labute approximate surface area is 162 Å². The molecule has 3 rings (SSSR count). The fourth-order valence-electron chi connectivity index (χ4n) is 2.46. The Hall–Kier alpha value is -2.92. The molecule has 0 fully saturated rings. The maximum atomic E-state index is 11.4. The van der Waals surface area contributed by atoms with Gasteiger partial charge in [0.1, 0.15) is 6.61 Å². The van der Waals surface area contributed by atoms with E-state index < -0.39 is 10.0 Å². The predicted molar refractivity (Wildman–Crippen MR) is 102 cm³/mol. The first-order chi connectivity index (χ1) is 13.5. The van der Waals surface area contributed by atoms with Crippen LogP contribution in [0.3, 0.4) is 0 Å². The number of ether oxygens (including phenoxy) is 3. The molecule has 150 valence electrons. The Bertz CT molecular complexity index is 1070. The van der Waals surface area contributed by atoms with Gasteiger partial charge in [-0.25, -0.2) is 13.1 Å². The molecule has 28 heavy (non-hydrogen) atoms. The van der Waals surface area contributed by atoms with Crippen LogP contribution in [0.15, 0.2) is 30.3 Å². The van der Waals surface area contributed by atoms with E-state index in [2.05, 4.69) is 20.0 Å². The summed E-state index contributed by atoms with van der Waals surface area (Å²) in [6.45, 7) is 1.87. The highest BCUT2D eigenvalue weighted by Gasteiger charge is 2.14. The van der Waals surface area contributed by atoms with Crippen LogP contribution in [0.2, 0.25) is 0 Å². The van der Waals surface area contributed by atoms with Gasteiger partial charge in [0.05, 0.1) is 20.0 Å². The Morgan fingerprint density at radius 1 is 1.07 bits per heavy atom. The molecule has 0 amide bonds. The van der Waals surface area contributed by atoms with E-state index in [1.165, 1.54) is 0 Å². The Morgan fingerprint density at radius 3 is 2.57 bits per heavy atom. The third-order valence-electron chi connectivity index (χ3n) is 3.93. The quantitative estimate of drug-likeness (QED) is 0.525. The summed E-state index contributed by atoms with van der Waals surface area (Å²) in [7, 11) is -0.131. The van der Waals surface area contributed by atoms with E-state index in [-0.39, 0.29) is 18.9 Å². The van der Waals surface area contributed by atoms with Gasteiger partial charge in [-0.05, 0) is 31.2 Å². The molecular weight excluding hydrogens is 386 g/mol. The van der Waals surface area contributed by atoms with Crippen molar-refractivity contribution in [2.45, 2.75) is 6.92 Å². The van der Waals surface area contributed by atoms with E-state index in [4.69, 9.17) is 14.2 Å². The molecule has 10 nitrogen and oxygen atoms in total. The number of hydrogen-bond acceptors (Lipinski definition) is 8. The molecule has 0 saturated heterocycles. The van der Waals surface area contributed by atoms with Gasteiger partial charge in [0.2, 0.25) is 15.9 Å². The Balaban J connectivity index is 1.81. The van der Waals surface area contributed by atoms with E-state index in [1.54, 1.807) is 49.9 Å². The molecule has 0 aliphatic carbocycles. The van der Waals surface area contributed by atoms with Crippen molar-refractivity contribution in [1.82, 2.24) is 24.5 Å². The second kappa shape index (κ2) is 8.40. The van der Waals surface area contributed by atoms with Gasteiger partial charge in [-0.1, -0.05) is 0 Å². The summed E-state index contributed by atoms with van der Waals surface area (Å²) < 4.78 is 43.0. The van der Waals surface area contributed by atoms with Crippen LogP contribution in [-0.2, 0) is 10.0 Å². The number of nitrogens with zero attached hydrogens (tertiary/aromatic N) is 4. The van der Waals surface area contributed by atoms with Crippen molar-refractivity contribution in [3.8, 4) is 28.8 Å². The van der Waals surface area contributed by atoms with Crippen molar-refractivity contribution in [1.29, 1.82) is 0 Å². The summed E-state index contributed by atoms with van der Waals surface area (Å²) in [5.41, 5.74) is 1.29. The van der Waals surface area contributed by atoms with E-state index in [1.807, 2.05) is 6.07 Å². The molecule has 0 atom stereocenters. The number of sulfonamides is 1. The molecule has 2 heterocycles. The van der Waals surface area contributed by atoms with Crippen molar-refractivity contribution in [3.05, 3.63) is 30.3 Å². The highest BCUT2D eigenvalue weighted by Crippen LogP contribution is 2.31. The molecule has 0 unspecified atom stereocenters. The molecule has 11 heteroatoms. The molecule has 1 aromatic carbocycles. The van der Waals surface area contributed by atoms with Gasteiger partial charge in [-0.3, -0.25) is 0 Å². The molecule has 0 radical (unpaired) electrons. The zero-order valence-electron chi connectivity index (χ0n) is 15.7. The first-order valence-corrected chi connectivity index (χ1v) is 10.2. The van der Waals surface area contributed by atoms with Gasteiger partial charge in [-0.15, -0.1) is 15.3 Å². The van der Waals surface area contributed by atoms with E-state index in [0.29, 0.717) is 28.9 Å². The van der Waals surface area contributed by atoms with Crippen LogP contribution < -0.4 is 18.9 Å². The minimum atomic E-state index is -3.25. The predicted octanol–water partition coefficient (Wildman–Crippen LogP) is 1.13. The van der Waals surface area contributed by atoms with Crippen LogP contribution >= 0.6 is 0 Å². The minimum absolute atomic E-state index is 0.0204. The lowest BCUT2D eigenvalue weighted by Gasteiger charge is -2.09. The number of aromatic nitrogens is 4. The summed E-state index contributed by atoms with van der Waals surface area (Å²) in [5.74, 6) is 2.02. The third kappa shape index (κ3) is 4.31. The van der Waals surface area contributed by atoms with Crippen molar-refractivity contribution < 1.29 is 22.6 Å². The zero-order chi connectivity index (χ0) is 20.1. The molecular formula is C17H21N5O5S. The average molecular weight is 407 g/mol. The van der Waals surface area contributed by atoms with E-state index in [9.17, 15) is 8.42 Å². The van der Waals surface area contributed by atoms with Crippen LogP contribution in [0.4, 0.5) is 0 Å². The summed E-state index contributed by atoms with van der Waals surface area (Å²) in [5, 5.41) is 12.7.